The second-order valence-electron chi connectivity index (χ2n) is 7.39. The molecule has 0 aliphatic rings. The van der Waals surface area contributed by atoms with E-state index in [0.717, 1.165) is 5.56 Å². The second-order valence-corrected chi connectivity index (χ2v) is 9.54. The lowest BCUT2D eigenvalue weighted by Crippen LogP contribution is -2.48. The molecule has 0 radical (unpaired) electrons. The van der Waals surface area contributed by atoms with Crippen molar-refractivity contribution in [1.82, 2.24) is 10.0 Å². The van der Waals surface area contributed by atoms with Crippen LogP contribution in [-0.4, -0.2) is 32.8 Å². The Hall–Kier alpha value is -2.42. The number of amides is 2. The number of sulfonamides is 1. The monoisotopic (exact) mass is 451 g/mol. The van der Waals surface area contributed by atoms with E-state index in [1.807, 2.05) is 20.8 Å². The third-order valence-electron chi connectivity index (χ3n) is 4.20. The Morgan fingerprint density at radius 3 is 2.17 bits per heavy atom. The Kier molecular flexibility index (Phi) is 8.40. The summed E-state index contributed by atoms with van der Waals surface area (Å²) in [5, 5.41) is 5.67. The van der Waals surface area contributed by atoms with Crippen molar-refractivity contribution in [3.8, 4) is 0 Å². The lowest BCUT2D eigenvalue weighted by atomic mass is 10.0. The summed E-state index contributed by atoms with van der Waals surface area (Å²) in [7, 11) is -3.88. The Bertz CT molecular complexity index is 974. The molecule has 1 atom stereocenters. The molecule has 2 rings (SSSR count). The van der Waals surface area contributed by atoms with Crippen molar-refractivity contribution in [3.63, 3.8) is 0 Å². The summed E-state index contributed by atoms with van der Waals surface area (Å²) >= 11 is 5.81. The van der Waals surface area contributed by atoms with Crippen LogP contribution in [0.25, 0.3) is 0 Å². The molecule has 2 amide bonds. The summed E-state index contributed by atoms with van der Waals surface area (Å²) in [5.74, 6) is -0.939. The number of hydrogen-bond acceptors (Lipinski definition) is 4. The number of aryl methyl sites for hydroxylation is 1. The molecule has 0 heterocycles. The molecule has 0 saturated carbocycles. The average Bonchev–Trinajstić information content (AvgIpc) is 2.67. The molecule has 3 N–H and O–H groups in total. The lowest BCUT2D eigenvalue weighted by molar-refractivity contribution is -0.125. The van der Waals surface area contributed by atoms with Gasteiger partial charge in [-0.15, -0.1) is 0 Å². The van der Waals surface area contributed by atoms with E-state index in [9.17, 15) is 18.0 Å². The first-order valence-corrected chi connectivity index (χ1v) is 11.3. The van der Waals surface area contributed by atoms with E-state index in [4.69, 9.17) is 11.6 Å². The van der Waals surface area contributed by atoms with Crippen molar-refractivity contribution in [1.29, 1.82) is 0 Å². The van der Waals surface area contributed by atoms with E-state index < -0.39 is 27.9 Å². The van der Waals surface area contributed by atoms with E-state index in [2.05, 4.69) is 15.4 Å². The van der Waals surface area contributed by atoms with Gasteiger partial charge < -0.3 is 10.6 Å². The van der Waals surface area contributed by atoms with Gasteiger partial charge in [-0.3, -0.25) is 9.59 Å². The minimum Gasteiger partial charge on any atom is -0.346 e. The highest BCUT2D eigenvalue weighted by molar-refractivity contribution is 7.89. The minimum absolute atomic E-state index is 0.0596. The molecule has 30 heavy (non-hydrogen) atoms. The third kappa shape index (κ3) is 7.44. The molecular formula is C21H26ClN3O4S. The summed E-state index contributed by atoms with van der Waals surface area (Å²) in [6.45, 7) is 5.33. The van der Waals surface area contributed by atoms with Gasteiger partial charge in [0.2, 0.25) is 21.8 Å². The van der Waals surface area contributed by atoms with Crippen LogP contribution in [-0.2, 0) is 19.6 Å². The summed E-state index contributed by atoms with van der Waals surface area (Å²) in [5.41, 5.74) is 1.47. The Morgan fingerprint density at radius 2 is 1.60 bits per heavy atom. The number of anilines is 1. The molecule has 0 fully saturated rings. The predicted molar refractivity (Wildman–Crippen MR) is 118 cm³/mol. The van der Waals surface area contributed by atoms with E-state index in [1.165, 1.54) is 12.1 Å². The fraction of sp³-hybridized carbons (Fsp3) is 0.333. The largest absolute Gasteiger partial charge is 0.346 e. The zero-order valence-electron chi connectivity index (χ0n) is 17.1. The smallest absolute Gasteiger partial charge is 0.243 e. The van der Waals surface area contributed by atoms with Crippen LogP contribution in [0.5, 0.6) is 0 Å². The Balaban J connectivity index is 2.01. The zero-order chi connectivity index (χ0) is 22.3. The topological polar surface area (TPSA) is 104 Å². The normalized spacial score (nSPS) is 12.4. The highest BCUT2D eigenvalue weighted by Gasteiger charge is 2.26. The standard InChI is InChI=1S/C21H26ClN3O4S/c1-14(2)12-19(25-30(28,29)18-10-4-15(3)5-11-18)21(27)23-13-20(26)24-17-8-6-16(22)7-9-17/h4-11,14,19,25H,12-13H2,1-3H3,(H,23,27)(H,24,26). The number of carbonyl (C=O) groups excluding carboxylic acids is 2. The first-order valence-electron chi connectivity index (χ1n) is 9.49. The number of benzene rings is 2. The van der Waals surface area contributed by atoms with Crippen LogP contribution < -0.4 is 15.4 Å². The van der Waals surface area contributed by atoms with Crippen LogP contribution in [0.3, 0.4) is 0 Å². The zero-order valence-corrected chi connectivity index (χ0v) is 18.7. The van der Waals surface area contributed by atoms with Gasteiger partial charge >= 0.3 is 0 Å². The van der Waals surface area contributed by atoms with Crippen molar-refractivity contribution >= 4 is 39.1 Å². The molecule has 9 heteroatoms. The van der Waals surface area contributed by atoms with Gasteiger partial charge in [-0.1, -0.05) is 43.1 Å². The maximum absolute atomic E-state index is 12.7. The fourth-order valence-corrected chi connectivity index (χ4v) is 4.02. The number of hydrogen-bond donors (Lipinski definition) is 3. The molecular weight excluding hydrogens is 426 g/mol. The summed E-state index contributed by atoms with van der Waals surface area (Å²) in [4.78, 5) is 24.8. The molecule has 0 spiro atoms. The summed E-state index contributed by atoms with van der Waals surface area (Å²) < 4.78 is 27.8. The van der Waals surface area contributed by atoms with Gasteiger partial charge in [-0.25, -0.2) is 8.42 Å². The van der Waals surface area contributed by atoms with Crippen molar-refractivity contribution in [3.05, 3.63) is 59.1 Å². The lowest BCUT2D eigenvalue weighted by Gasteiger charge is -2.20. The van der Waals surface area contributed by atoms with E-state index in [1.54, 1.807) is 36.4 Å². The van der Waals surface area contributed by atoms with Gasteiger partial charge in [-0.2, -0.15) is 4.72 Å². The van der Waals surface area contributed by atoms with Gasteiger partial charge in [0.1, 0.15) is 6.04 Å². The first-order chi connectivity index (χ1) is 14.1. The molecule has 0 aliphatic carbocycles. The third-order valence-corrected chi connectivity index (χ3v) is 5.94. The molecule has 0 aliphatic heterocycles. The van der Waals surface area contributed by atoms with Crippen LogP contribution in [0.4, 0.5) is 5.69 Å². The van der Waals surface area contributed by atoms with Crippen molar-refractivity contribution in [2.75, 3.05) is 11.9 Å². The van der Waals surface area contributed by atoms with Gasteiger partial charge in [0.15, 0.2) is 0 Å². The molecule has 2 aromatic carbocycles. The maximum Gasteiger partial charge on any atom is 0.243 e. The highest BCUT2D eigenvalue weighted by atomic mass is 35.5. The molecule has 0 bridgehead atoms. The molecule has 0 saturated heterocycles. The van der Waals surface area contributed by atoms with Crippen LogP contribution in [0.2, 0.25) is 5.02 Å². The Morgan fingerprint density at radius 1 is 1.00 bits per heavy atom. The van der Waals surface area contributed by atoms with Crippen LogP contribution in [0.15, 0.2) is 53.4 Å². The van der Waals surface area contributed by atoms with Crippen LogP contribution in [0, 0.1) is 12.8 Å². The molecule has 0 aromatic heterocycles. The minimum atomic E-state index is -3.88. The molecule has 162 valence electrons. The SMILES string of the molecule is Cc1ccc(S(=O)(=O)NC(CC(C)C)C(=O)NCC(=O)Nc2ccc(Cl)cc2)cc1. The maximum atomic E-state index is 12.7. The van der Waals surface area contributed by atoms with Gasteiger partial charge in [0.05, 0.1) is 11.4 Å². The predicted octanol–water partition coefficient (Wildman–Crippen LogP) is 3.10. The average molecular weight is 452 g/mol. The van der Waals surface area contributed by atoms with Crippen molar-refractivity contribution in [2.24, 2.45) is 5.92 Å². The fourth-order valence-electron chi connectivity index (χ4n) is 2.68. The number of nitrogens with one attached hydrogen (secondary N) is 3. The van der Waals surface area contributed by atoms with Crippen LogP contribution in [0.1, 0.15) is 25.8 Å². The van der Waals surface area contributed by atoms with E-state index >= 15 is 0 Å². The number of halogens is 1. The highest BCUT2D eigenvalue weighted by Crippen LogP contribution is 2.14. The second kappa shape index (κ2) is 10.6. The molecule has 1 unspecified atom stereocenters. The van der Waals surface area contributed by atoms with Gasteiger partial charge in [-0.05, 0) is 55.7 Å². The summed E-state index contributed by atoms with van der Waals surface area (Å²) in [6.07, 6.45) is 0.287. The van der Waals surface area contributed by atoms with E-state index in [0.29, 0.717) is 10.7 Å². The van der Waals surface area contributed by atoms with Crippen molar-refractivity contribution < 1.29 is 18.0 Å². The van der Waals surface area contributed by atoms with Gasteiger partial charge in [0, 0.05) is 10.7 Å². The van der Waals surface area contributed by atoms with Crippen LogP contribution >= 0.6 is 11.6 Å². The quantitative estimate of drug-likeness (QED) is 0.544. The molecule has 2 aromatic rings. The number of rotatable bonds is 9. The molecule has 7 nitrogen and oxygen atoms in total. The Labute approximate surface area is 182 Å². The van der Waals surface area contributed by atoms with E-state index in [-0.39, 0.29) is 23.8 Å². The van der Waals surface area contributed by atoms with Crippen molar-refractivity contribution in [2.45, 2.75) is 38.1 Å². The van der Waals surface area contributed by atoms with Gasteiger partial charge in [0.25, 0.3) is 0 Å². The number of carbonyl (C=O) groups is 2. The summed E-state index contributed by atoms with van der Waals surface area (Å²) in [6, 6.07) is 11.9. The first kappa shape index (κ1) is 23.9.